The Morgan fingerprint density at radius 3 is 1.58 bits per heavy atom. The Labute approximate surface area is 346 Å². The van der Waals surface area contributed by atoms with Crippen LogP contribution in [-0.4, -0.2) is 60.0 Å². The lowest BCUT2D eigenvalue weighted by molar-refractivity contribution is 0.0440. The summed E-state index contributed by atoms with van der Waals surface area (Å²) in [7, 11) is -2.81. The molecule has 4 aromatic carbocycles. The lowest BCUT2D eigenvalue weighted by Gasteiger charge is -2.53. The number of benzene rings is 4. The molecule has 12 heteroatoms. The highest BCUT2D eigenvalue weighted by Gasteiger charge is 2.54. The van der Waals surface area contributed by atoms with Gasteiger partial charge in [0.2, 0.25) is 0 Å². The van der Waals surface area contributed by atoms with Gasteiger partial charge in [-0.05, 0) is 112 Å². The van der Waals surface area contributed by atoms with Crippen molar-refractivity contribution in [3.8, 4) is 0 Å². The zero-order valence-electron chi connectivity index (χ0n) is 31.4. The van der Waals surface area contributed by atoms with Crippen LogP contribution >= 0.6 is 23.5 Å². The van der Waals surface area contributed by atoms with Gasteiger partial charge in [-0.15, -0.1) is 0 Å². The normalized spacial score (nSPS) is 21.0. The molecule has 1 saturated carbocycles. The van der Waals surface area contributed by atoms with Crippen molar-refractivity contribution in [2.24, 2.45) is 0 Å². The molecule has 8 aliphatic rings. The summed E-state index contributed by atoms with van der Waals surface area (Å²) in [5, 5.41) is 18.6. The summed E-state index contributed by atoms with van der Waals surface area (Å²) in [6, 6.07) is 32.4. The zero-order chi connectivity index (χ0) is 37.7. The molecule has 0 aromatic heterocycles. The fraction of sp³-hybridized carbons (Fsp3) is 0.111. The van der Waals surface area contributed by atoms with Crippen molar-refractivity contribution < 1.29 is 5.11 Å². The van der Waals surface area contributed by atoms with Crippen LogP contribution in [0.15, 0.2) is 196 Å². The van der Waals surface area contributed by atoms with Crippen LogP contribution in [0.3, 0.4) is 0 Å². The van der Waals surface area contributed by atoms with Gasteiger partial charge in [-0.3, -0.25) is 0 Å². The molecule has 1 N–H and O–H groups in total. The molecule has 0 bridgehead atoms. The number of aliphatic hydroxyl groups is 1. The predicted octanol–water partition coefficient (Wildman–Crippen LogP) is 6.25. The minimum absolute atomic E-state index is 0.00537. The Kier molecular flexibility index (Phi) is 7.85. The minimum atomic E-state index is -2.81. The second-order valence-corrected chi connectivity index (χ2v) is 21.9. The monoisotopic (exact) mass is 786 g/mol. The Hall–Kier alpha value is -4.86. The third-order valence-electron chi connectivity index (χ3n) is 13.2. The lowest BCUT2D eigenvalue weighted by atomic mass is 9.41. The smallest absolute Gasteiger partial charge is 0.381 e. The van der Waals surface area contributed by atoms with Gasteiger partial charge in [0.15, 0.2) is 8.07 Å². The van der Waals surface area contributed by atoms with Crippen LogP contribution in [0.4, 0.5) is 0 Å². The zero-order valence-corrected chi connectivity index (χ0v) is 34.1. The number of hydrogen-bond donors (Lipinski definition) is 1. The quantitative estimate of drug-likeness (QED) is 0.208. The molecule has 0 amide bonds. The minimum Gasteiger partial charge on any atom is -0.423 e. The van der Waals surface area contributed by atoms with Crippen LogP contribution in [0.25, 0.3) is 5.57 Å². The Morgan fingerprint density at radius 2 is 1.02 bits per heavy atom. The van der Waals surface area contributed by atoms with E-state index in [0.717, 1.165) is 31.2 Å². The van der Waals surface area contributed by atoms with E-state index in [2.05, 4.69) is 195 Å². The molecule has 1 saturated heterocycles. The number of allylic oxidation sites excluding steroid dienone is 8. The summed E-state index contributed by atoms with van der Waals surface area (Å²) < 4.78 is 9.95. The first kappa shape index (κ1) is 34.2. The van der Waals surface area contributed by atoms with E-state index in [9.17, 15) is 5.11 Å². The molecule has 272 valence electrons. The molecule has 0 unspecified atom stereocenters. The van der Waals surface area contributed by atoms with E-state index in [1.807, 2.05) is 23.5 Å². The van der Waals surface area contributed by atoms with E-state index in [1.165, 1.54) is 51.5 Å². The summed E-state index contributed by atoms with van der Waals surface area (Å²) in [4.78, 5) is 5.34. The van der Waals surface area contributed by atoms with Crippen molar-refractivity contribution in [2.75, 3.05) is 0 Å². The number of rotatable bonds is 2. The van der Waals surface area contributed by atoms with Crippen molar-refractivity contribution in [2.45, 2.75) is 50.9 Å². The summed E-state index contributed by atoms with van der Waals surface area (Å²) in [5.74, 6) is 9.44. The highest BCUT2D eigenvalue weighted by Crippen LogP contribution is 2.48. The number of nitrogens with zero attached hydrogens (tertiary/aromatic N) is 4. The SMILES string of the molecule is OC1(c2ccc3c(c2C2=CB4N5C=CC=CB5N5C=CC=CB5N5C=CC=CB5N4C=C2)Sc2ccccc2[Si]32c3ccccc3Sc3ccccc32)CCCC1. The molecule has 7 heterocycles. The molecule has 0 radical (unpaired) electrons. The highest BCUT2D eigenvalue weighted by atomic mass is 32.2. The second kappa shape index (κ2) is 13.1. The summed E-state index contributed by atoms with van der Waals surface area (Å²) in [6.45, 7) is -0.0239. The average molecular weight is 786 g/mol. The van der Waals surface area contributed by atoms with E-state index in [0.29, 0.717) is 0 Å². The number of fused-ring (bicyclic) bond motifs is 16. The maximum atomic E-state index is 12.7. The molecule has 1 aliphatic carbocycles. The van der Waals surface area contributed by atoms with Crippen molar-refractivity contribution in [1.29, 1.82) is 0 Å². The molecule has 7 aliphatic heterocycles. The van der Waals surface area contributed by atoms with Gasteiger partial charge in [0.25, 0.3) is 0 Å². The fourth-order valence-electron chi connectivity index (χ4n) is 10.8. The van der Waals surface area contributed by atoms with Crippen LogP contribution in [-0.2, 0) is 5.60 Å². The molecular formula is C45H38B4N4OS2Si. The molecule has 12 rings (SSSR count). The molecular weight excluding hydrogens is 748 g/mol. The summed E-state index contributed by atoms with van der Waals surface area (Å²) in [5.41, 5.74) is 2.58. The van der Waals surface area contributed by atoms with Gasteiger partial charge >= 0.3 is 27.9 Å². The maximum absolute atomic E-state index is 12.7. The highest BCUT2D eigenvalue weighted by molar-refractivity contribution is 8.01. The summed E-state index contributed by atoms with van der Waals surface area (Å²) >= 11 is 3.83. The topological polar surface area (TPSA) is 33.2 Å². The molecule has 4 aromatic rings. The first-order valence-corrected chi connectivity index (χ1v) is 23.9. The van der Waals surface area contributed by atoms with Crippen molar-refractivity contribution >= 4 is 85.8 Å². The van der Waals surface area contributed by atoms with Crippen LogP contribution in [0.1, 0.15) is 36.8 Å². The van der Waals surface area contributed by atoms with Gasteiger partial charge in [0, 0.05) is 25.1 Å². The van der Waals surface area contributed by atoms with Crippen molar-refractivity contribution in [3.05, 3.63) is 187 Å². The Morgan fingerprint density at radius 1 is 0.526 bits per heavy atom. The van der Waals surface area contributed by atoms with Gasteiger partial charge in [-0.2, -0.15) is 0 Å². The molecule has 0 atom stereocenters. The van der Waals surface area contributed by atoms with Crippen LogP contribution < -0.4 is 20.7 Å². The molecule has 57 heavy (non-hydrogen) atoms. The largest absolute Gasteiger partial charge is 0.423 e. The van der Waals surface area contributed by atoms with E-state index in [-0.39, 0.29) is 27.9 Å². The predicted molar refractivity (Wildman–Crippen MR) is 243 cm³/mol. The second-order valence-electron chi connectivity index (χ2n) is 16.1. The van der Waals surface area contributed by atoms with Crippen LogP contribution in [0.2, 0.25) is 0 Å². The molecule has 1 spiro atoms. The standard InChI is InChI=1S/C45H38B4N4OS2Si/c54-45(24-7-8-25-45)35-21-22-42-44(56-38-17-3-6-20-41(38)57(42)39-18-4-1-15-36(39)55-37-16-2-5-19-40(37)57)43(35)34-23-32-53-48-28-10-13-30-51(48)46-26-9-12-29-50(46)47-27-11-14-31-52(47)49(53)33-34/h1-6,9-23,26-33,54H,7-8,24-25H2. The molecule has 2 fully saturated rings. The molecule has 5 nitrogen and oxygen atoms in total. The first-order chi connectivity index (χ1) is 28.1. The first-order valence-electron chi connectivity index (χ1n) is 20.2. The maximum Gasteiger partial charge on any atom is 0.381 e. The van der Waals surface area contributed by atoms with Crippen molar-refractivity contribution in [3.63, 3.8) is 0 Å². The van der Waals surface area contributed by atoms with E-state index >= 15 is 0 Å². The Balaban J connectivity index is 1.12. The lowest BCUT2D eigenvalue weighted by Crippen LogP contribution is -2.78. The Bertz CT molecular complexity index is 2520. The number of hydrogen-bond acceptors (Lipinski definition) is 7. The van der Waals surface area contributed by atoms with E-state index < -0.39 is 13.7 Å². The van der Waals surface area contributed by atoms with Crippen LogP contribution in [0, 0.1) is 0 Å². The van der Waals surface area contributed by atoms with Gasteiger partial charge in [0.05, 0.1) is 5.60 Å². The van der Waals surface area contributed by atoms with Crippen LogP contribution in [0.5, 0.6) is 0 Å². The summed E-state index contributed by atoms with van der Waals surface area (Å²) in [6.07, 6.45) is 28.1. The van der Waals surface area contributed by atoms with Gasteiger partial charge < -0.3 is 24.0 Å². The van der Waals surface area contributed by atoms with Gasteiger partial charge in [0.1, 0.15) is 0 Å². The average Bonchev–Trinajstić information content (AvgIpc) is 3.72. The van der Waals surface area contributed by atoms with Gasteiger partial charge in [-0.25, -0.2) is 0 Å². The van der Waals surface area contributed by atoms with Crippen molar-refractivity contribution in [1.82, 2.24) is 18.9 Å². The fourth-order valence-corrected chi connectivity index (χ4v) is 20.1. The van der Waals surface area contributed by atoms with Gasteiger partial charge in [-0.1, -0.05) is 145 Å². The third-order valence-corrected chi connectivity index (χ3v) is 21.3. The van der Waals surface area contributed by atoms with E-state index in [1.54, 1.807) is 0 Å². The third kappa shape index (κ3) is 4.94. The van der Waals surface area contributed by atoms with E-state index in [4.69, 9.17) is 0 Å².